The summed E-state index contributed by atoms with van der Waals surface area (Å²) in [6.45, 7) is 0. The van der Waals surface area contributed by atoms with Gasteiger partial charge in [0.15, 0.2) is 0 Å². The van der Waals surface area contributed by atoms with Gasteiger partial charge >= 0.3 is 0 Å². The summed E-state index contributed by atoms with van der Waals surface area (Å²) in [5, 5.41) is 15.8. The Morgan fingerprint density at radius 2 is 1.05 bits per heavy atom. The second-order valence-electron chi connectivity index (χ2n) is 3.91. The van der Waals surface area contributed by atoms with Crippen molar-refractivity contribution < 1.29 is 19.5 Å². The van der Waals surface area contributed by atoms with Crippen molar-refractivity contribution in [2.24, 2.45) is 0 Å². The molecule has 4 rings (SSSR count). The molecule has 0 unspecified atom stereocenters. The predicted octanol–water partition coefficient (Wildman–Crippen LogP) is 3.12. The zero-order valence-electron chi connectivity index (χ0n) is 10.0. The zero-order chi connectivity index (χ0) is 12.2. The van der Waals surface area contributed by atoms with Crippen LogP contribution in [0.1, 0.15) is 0 Å². The number of benzene rings is 2. The quantitative estimate of drug-likeness (QED) is 0.484. The van der Waals surface area contributed by atoms with Crippen molar-refractivity contribution in [3.63, 3.8) is 0 Å². The summed E-state index contributed by atoms with van der Waals surface area (Å²) in [7, 11) is 0. The van der Waals surface area contributed by atoms with E-state index in [1.165, 1.54) is 0 Å². The van der Waals surface area contributed by atoms with Crippen LogP contribution in [0.2, 0.25) is 0 Å². The fourth-order valence-corrected chi connectivity index (χ4v) is 1.77. The van der Waals surface area contributed by atoms with Crippen LogP contribution in [0.3, 0.4) is 0 Å². The number of nitrogens with zero attached hydrogens (tertiary/aromatic N) is 2. The first-order valence-electron chi connectivity index (χ1n) is 5.70. The van der Waals surface area contributed by atoms with Crippen molar-refractivity contribution in [3.8, 4) is 0 Å². The molecule has 2 aromatic heterocycles. The fourth-order valence-electron chi connectivity index (χ4n) is 1.77. The maximum Gasteiger partial charge on any atom is 0.0650 e. The van der Waals surface area contributed by atoms with Gasteiger partial charge < -0.3 is 0 Å². The molecule has 0 bridgehead atoms. The molecule has 0 fully saturated rings. The zero-order valence-corrected chi connectivity index (χ0v) is 11.8. The number of H-pyrrole nitrogens is 2. The van der Waals surface area contributed by atoms with Crippen LogP contribution >= 0.6 is 0 Å². The molecule has 0 aliphatic carbocycles. The number of hydrogen-bond donors (Lipinski definition) is 2. The van der Waals surface area contributed by atoms with E-state index in [4.69, 9.17) is 0 Å². The minimum Gasteiger partial charge on any atom is -0.278 e. The maximum atomic E-state index is 3.88. The molecule has 19 heavy (non-hydrogen) atoms. The number of para-hydroxylation sites is 2. The number of aromatic nitrogens is 4. The van der Waals surface area contributed by atoms with Crippen molar-refractivity contribution in [3.05, 3.63) is 60.9 Å². The minimum atomic E-state index is 0. The van der Waals surface area contributed by atoms with Gasteiger partial charge in [0.1, 0.15) is 0 Å². The Hall–Kier alpha value is -2.00. The molecule has 4 nitrogen and oxygen atoms in total. The number of aromatic amines is 2. The van der Waals surface area contributed by atoms with E-state index in [9.17, 15) is 0 Å². The molecule has 0 radical (unpaired) electrons. The van der Waals surface area contributed by atoms with Crippen molar-refractivity contribution in [1.29, 1.82) is 0 Å². The van der Waals surface area contributed by atoms with E-state index in [1.54, 1.807) is 0 Å². The molecule has 0 saturated carbocycles. The SMILES string of the molecule is [Ru].c1ccc2[nH]ncc2c1.c1ccc2[nH]ncc2c1. The molecular weight excluding hydrogens is 325 g/mol. The van der Waals surface area contributed by atoms with Crippen LogP contribution in [-0.4, -0.2) is 20.4 Å². The van der Waals surface area contributed by atoms with Crippen molar-refractivity contribution in [1.82, 2.24) is 20.4 Å². The van der Waals surface area contributed by atoms with E-state index >= 15 is 0 Å². The van der Waals surface area contributed by atoms with Crippen LogP contribution in [0.15, 0.2) is 60.9 Å². The molecule has 0 aliphatic rings. The first-order valence-corrected chi connectivity index (χ1v) is 5.70. The van der Waals surface area contributed by atoms with Gasteiger partial charge in [0, 0.05) is 30.3 Å². The van der Waals surface area contributed by atoms with Crippen LogP contribution in [0.5, 0.6) is 0 Å². The average Bonchev–Trinajstić information content (AvgIpc) is 3.08. The van der Waals surface area contributed by atoms with Crippen LogP contribution in [0.4, 0.5) is 0 Å². The van der Waals surface area contributed by atoms with E-state index in [-0.39, 0.29) is 19.5 Å². The molecular formula is C14H12N4Ru. The monoisotopic (exact) mass is 338 g/mol. The molecule has 0 spiro atoms. The third kappa shape index (κ3) is 3.06. The van der Waals surface area contributed by atoms with Gasteiger partial charge in [-0.05, 0) is 12.1 Å². The molecule has 0 saturated heterocycles. The first kappa shape index (κ1) is 13.4. The Balaban J connectivity index is 0.000000133. The third-order valence-corrected chi connectivity index (χ3v) is 2.70. The van der Waals surface area contributed by atoms with Gasteiger partial charge in [0.05, 0.1) is 23.4 Å². The van der Waals surface area contributed by atoms with Gasteiger partial charge in [-0.15, -0.1) is 0 Å². The second kappa shape index (κ2) is 6.25. The third-order valence-electron chi connectivity index (χ3n) is 2.70. The summed E-state index contributed by atoms with van der Waals surface area (Å²) in [4.78, 5) is 0. The fraction of sp³-hybridized carbons (Fsp3) is 0. The van der Waals surface area contributed by atoms with E-state index in [0.29, 0.717) is 0 Å². The first-order chi connectivity index (χ1) is 8.93. The molecule has 2 N–H and O–H groups in total. The number of nitrogens with one attached hydrogen (secondary N) is 2. The normalized spacial score (nSPS) is 9.68. The summed E-state index contributed by atoms with van der Waals surface area (Å²) in [6.07, 6.45) is 3.63. The molecule has 0 atom stereocenters. The molecule has 96 valence electrons. The molecule has 0 amide bonds. The largest absolute Gasteiger partial charge is 0.278 e. The Morgan fingerprint density at radius 1 is 0.632 bits per heavy atom. The van der Waals surface area contributed by atoms with Crippen LogP contribution < -0.4 is 0 Å². The van der Waals surface area contributed by atoms with Gasteiger partial charge in [-0.25, -0.2) is 0 Å². The summed E-state index contributed by atoms with van der Waals surface area (Å²) in [6, 6.07) is 16.0. The predicted molar refractivity (Wildman–Crippen MR) is 72.2 cm³/mol. The molecule has 2 aromatic carbocycles. The Kier molecular flexibility index (Phi) is 4.42. The summed E-state index contributed by atoms with van der Waals surface area (Å²) >= 11 is 0. The smallest absolute Gasteiger partial charge is 0.0650 e. The molecule has 5 heteroatoms. The summed E-state index contributed by atoms with van der Waals surface area (Å²) in [5.41, 5.74) is 2.19. The Bertz CT molecular complexity index is 633. The van der Waals surface area contributed by atoms with Gasteiger partial charge in [0.25, 0.3) is 0 Å². The van der Waals surface area contributed by atoms with E-state index in [2.05, 4.69) is 20.4 Å². The summed E-state index contributed by atoms with van der Waals surface area (Å²) in [5.74, 6) is 0. The number of rotatable bonds is 0. The van der Waals surface area contributed by atoms with Crippen LogP contribution in [0, 0.1) is 0 Å². The Morgan fingerprint density at radius 3 is 1.47 bits per heavy atom. The van der Waals surface area contributed by atoms with Crippen molar-refractivity contribution >= 4 is 21.8 Å². The molecule has 2 heterocycles. The van der Waals surface area contributed by atoms with Crippen LogP contribution in [-0.2, 0) is 19.5 Å². The number of hydrogen-bond acceptors (Lipinski definition) is 2. The molecule has 0 aliphatic heterocycles. The van der Waals surface area contributed by atoms with E-state index in [1.807, 2.05) is 60.9 Å². The topological polar surface area (TPSA) is 57.4 Å². The van der Waals surface area contributed by atoms with Crippen molar-refractivity contribution in [2.45, 2.75) is 0 Å². The molecule has 4 aromatic rings. The average molecular weight is 337 g/mol. The summed E-state index contributed by atoms with van der Waals surface area (Å²) < 4.78 is 0. The van der Waals surface area contributed by atoms with Gasteiger partial charge in [-0.3, -0.25) is 10.2 Å². The van der Waals surface area contributed by atoms with Gasteiger partial charge in [-0.1, -0.05) is 36.4 Å². The van der Waals surface area contributed by atoms with Crippen LogP contribution in [0.25, 0.3) is 21.8 Å². The van der Waals surface area contributed by atoms with E-state index in [0.717, 1.165) is 21.8 Å². The maximum absolute atomic E-state index is 3.88. The van der Waals surface area contributed by atoms with Gasteiger partial charge in [-0.2, -0.15) is 10.2 Å². The Labute approximate surface area is 123 Å². The van der Waals surface area contributed by atoms with Gasteiger partial charge in [0.2, 0.25) is 0 Å². The minimum absolute atomic E-state index is 0. The number of fused-ring (bicyclic) bond motifs is 2. The van der Waals surface area contributed by atoms with E-state index < -0.39 is 0 Å². The standard InChI is InChI=1S/2C7H6N2.Ru/c2*1-2-4-7-6(3-1)5-8-9-7;/h2*1-5H,(H,8,9);. The second-order valence-corrected chi connectivity index (χ2v) is 3.91. The van der Waals surface area contributed by atoms with Crippen molar-refractivity contribution in [2.75, 3.05) is 0 Å².